The van der Waals surface area contributed by atoms with Crippen molar-refractivity contribution >= 4 is 5.97 Å². The number of nitrogens with zero attached hydrogens (tertiary/aromatic N) is 3. The maximum absolute atomic E-state index is 12.6. The van der Waals surface area contributed by atoms with Gasteiger partial charge in [0.15, 0.2) is 18.0 Å². The molecule has 0 amide bonds. The van der Waals surface area contributed by atoms with Crippen LogP contribution in [0.25, 0.3) is 22.6 Å². The van der Waals surface area contributed by atoms with Crippen LogP contribution in [-0.2, 0) is 11.4 Å². The highest BCUT2D eigenvalue weighted by Crippen LogP contribution is 2.35. The van der Waals surface area contributed by atoms with Crippen LogP contribution in [0, 0.1) is 0 Å². The van der Waals surface area contributed by atoms with Crippen molar-refractivity contribution in [1.29, 1.82) is 0 Å². The molecule has 0 saturated heterocycles. The molecule has 0 spiro atoms. The third-order valence-electron chi connectivity index (χ3n) is 5.32. The molecule has 4 aromatic rings. The summed E-state index contributed by atoms with van der Waals surface area (Å²) in [6, 6.07) is 11.7. The van der Waals surface area contributed by atoms with E-state index in [1.165, 1.54) is 44.4 Å². The van der Waals surface area contributed by atoms with E-state index in [1.807, 2.05) is 13.8 Å². The Kier molecular flexibility index (Phi) is 8.36. The quantitative estimate of drug-likeness (QED) is 0.218. The Morgan fingerprint density at radius 3 is 2.22 bits per heavy atom. The summed E-state index contributed by atoms with van der Waals surface area (Å²) >= 11 is 0. The molecule has 2 heterocycles. The SMILES string of the molecule is CC(C)Oc1ncc(-c2nc(COc3cccc(OC(C)(C)C(=O)O)c3)oc2-c2ccc(OC(F)(F)F)cc2)cn1. The van der Waals surface area contributed by atoms with Gasteiger partial charge < -0.3 is 28.5 Å². The van der Waals surface area contributed by atoms with Crippen molar-refractivity contribution in [2.24, 2.45) is 0 Å². The molecular formula is C28H26F3N3O7. The van der Waals surface area contributed by atoms with Gasteiger partial charge in [0.05, 0.1) is 6.10 Å². The van der Waals surface area contributed by atoms with Gasteiger partial charge >= 0.3 is 18.3 Å². The molecule has 0 unspecified atom stereocenters. The molecule has 0 atom stereocenters. The fourth-order valence-electron chi connectivity index (χ4n) is 3.45. The first-order valence-electron chi connectivity index (χ1n) is 12.3. The van der Waals surface area contributed by atoms with Gasteiger partial charge in [-0.1, -0.05) is 6.07 Å². The first kappa shape index (κ1) is 29.2. The first-order chi connectivity index (χ1) is 19.3. The van der Waals surface area contributed by atoms with E-state index in [2.05, 4.69) is 19.7 Å². The minimum Gasteiger partial charge on any atom is -0.484 e. The monoisotopic (exact) mass is 573 g/mol. The van der Waals surface area contributed by atoms with Crippen molar-refractivity contribution in [3.05, 3.63) is 66.8 Å². The minimum absolute atomic E-state index is 0.135. The Hall–Kier alpha value is -4.81. The highest BCUT2D eigenvalue weighted by molar-refractivity contribution is 5.77. The van der Waals surface area contributed by atoms with E-state index in [0.717, 1.165) is 12.1 Å². The molecule has 0 aliphatic heterocycles. The lowest BCUT2D eigenvalue weighted by molar-refractivity contribution is -0.274. The summed E-state index contributed by atoms with van der Waals surface area (Å²) in [6.45, 7) is 6.38. The molecule has 0 saturated carbocycles. The van der Waals surface area contributed by atoms with Crippen LogP contribution in [0.15, 0.2) is 65.3 Å². The fraction of sp³-hybridized carbons (Fsp3) is 0.286. The Morgan fingerprint density at radius 2 is 1.61 bits per heavy atom. The summed E-state index contributed by atoms with van der Waals surface area (Å²) in [5.41, 5.74) is -0.247. The summed E-state index contributed by atoms with van der Waals surface area (Å²) < 4.78 is 64.6. The predicted molar refractivity (Wildman–Crippen MR) is 139 cm³/mol. The number of hydrogen-bond donors (Lipinski definition) is 1. The van der Waals surface area contributed by atoms with Crippen molar-refractivity contribution in [1.82, 2.24) is 15.0 Å². The van der Waals surface area contributed by atoms with Crippen LogP contribution in [0.2, 0.25) is 0 Å². The maximum Gasteiger partial charge on any atom is 0.573 e. The average Bonchev–Trinajstić information content (AvgIpc) is 3.31. The van der Waals surface area contributed by atoms with Crippen molar-refractivity contribution < 1.29 is 46.4 Å². The zero-order valence-electron chi connectivity index (χ0n) is 22.4. The standard InChI is InChI=1S/C28H26F3N3O7/c1-16(2)38-26-32-13-18(14-33-26)23-24(17-8-10-19(11-9-17)41-28(29,30)31)39-22(34-23)15-37-20-6-5-7-21(12-20)40-27(3,4)25(35)36/h5-14,16H,15H2,1-4H3,(H,35,36). The van der Waals surface area contributed by atoms with Gasteiger partial charge in [-0.15, -0.1) is 13.2 Å². The topological polar surface area (TPSA) is 126 Å². The van der Waals surface area contributed by atoms with Crippen molar-refractivity contribution in [2.45, 2.75) is 52.4 Å². The van der Waals surface area contributed by atoms with Gasteiger partial charge in [0.25, 0.3) is 0 Å². The second-order valence-electron chi connectivity index (χ2n) is 9.46. The summed E-state index contributed by atoms with van der Waals surface area (Å²) in [5, 5.41) is 9.31. The van der Waals surface area contributed by atoms with Crippen LogP contribution in [-0.4, -0.2) is 44.1 Å². The zero-order valence-corrected chi connectivity index (χ0v) is 22.4. The second kappa shape index (κ2) is 11.7. The van der Waals surface area contributed by atoms with Gasteiger partial charge in [-0.05, 0) is 64.1 Å². The zero-order chi connectivity index (χ0) is 29.8. The molecule has 2 aromatic heterocycles. The average molecular weight is 574 g/mol. The Balaban J connectivity index is 1.61. The molecule has 13 heteroatoms. The summed E-state index contributed by atoms with van der Waals surface area (Å²) in [7, 11) is 0. The number of oxazole rings is 1. The number of carbonyl (C=O) groups is 1. The number of alkyl halides is 3. The van der Waals surface area contributed by atoms with Crippen molar-refractivity contribution in [3.8, 4) is 45.8 Å². The molecule has 0 bridgehead atoms. The first-order valence-corrected chi connectivity index (χ1v) is 12.3. The van der Waals surface area contributed by atoms with Gasteiger partial charge in [-0.3, -0.25) is 0 Å². The van der Waals surface area contributed by atoms with Gasteiger partial charge in [-0.2, -0.15) is 0 Å². The van der Waals surface area contributed by atoms with E-state index < -0.39 is 23.7 Å². The van der Waals surface area contributed by atoms with E-state index in [9.17, 15) is 23.1 Å². The number of ether oxygens (including phenoxy) is 4. The van der Waals surface area contributed by atoms with Gasteiger partial charge in [0.2, 0.25) is 5.89 Å². The number of carboxylic acids is 1. The Bertz CT molecular complexity index is 1490. The molecule has 41 heavy (non-hydrogen) atoms. The molecule has 0 aliphatic rings. The Morgan fingerprint density at radius 1 is 0.951 bits per heavy atom. The van der Waals surface area contributed by atoms with Crippen LogP contribution in [0.5, 0.6) is 23.3 Å². The van der Waals surface area contributed by atoms with E-state index in [-0.39, 0.29) is 36.1 Å². The maximum atomic E-state index is 12.6. The second-order valence-corrected chi connectivity index (χ2v) is 9.46. The van der Waals surface area contributed by atoms with Crippen molar-refractivity contribution in [3.63, 3.8) is 0 Å². The third-order valence-corrected chi connectivity index (χ3v) is 5.32. The lowest BCUT2D eigenvalue weighted by Crippen LogP contribution is -2.37. The van der Waals surface area contributed by atoms with Gasteiger partial charge in [0.1, 0.15) is 22.9 Å². The number of hydrogen-bond acceptors (Lipinski definition) is 9. The molecule has 2 aromatic carbocycles. The summed E-state index contributed by atoms with van der Waals surface area (Å²) in [6.07, 6.45) is -1.98. The number of rotatable bonds is 11. The van der Waals surface area contributed by atoms with Crippen LogP contribution in [0.1, 0.15) is 33.6 Å². The van der Waals surface area contributed by atoms with Crippen LogP contribution >= 0.6 is 0 Å². The largest absolute Gasteiger partial charge is 0.573 e. The molecule has 4 rings (SSSR count). The number of aromatic nitrogens is 3. The molecule has 0 aliphatic carbocycles. The van der Waals surface area contributed by atoms with E-state index in [0.29, 0.717) is 22.6 Å². The Labute approximate surface area is 232 Å². The normalized spacial score (nSPS) is 11.8. The van der Waals surface area contributed by atoms with Gasteiger partial charge in [0, 0.05) is 29.6 Å². The third kappa shape index (κ3) is 7.87. The highest BCUT2D eigenvalue weighted by Gasteiger charge is 2.31. The molecule has 10 nitrogen and oxygen atoms in total. The molecule has 0 radical (unpaired) electrons. The van der Waals surface area contributed by atoms with Crippen LogP contribution in [0.3, 0.4) is 0 Å². The molecule has 0 fully saturated rings. The van der Waals surface area contributed by atoms with Gasteiger partial charge in [-0.25, -0.2) is 19.7 Å². The molecule has 1 N–H and O–H groups in total. The number of benzene rings is 2. The highest BCUT2D eigenvalue weighted by atomic mass is 19.4. The summed E-state index contributed by atoms with van der Waals surface area (Å²) in [5.74, 6) is -0.497. The number of aliphatic carboxylic acids is 1. The number of carboxylic acid groups (broad SMARTS) is 1. The lowest BCUT2D eigenvalue weighted by Gasteiger charge is -2.21. The van der Waals surface area contributed by atoms with E-state index >= 15 is 0 Å². The predicted octanol–water partition coefficient (Wildman–Crippen LogP) is 6.31. The minimum atomic E-state index is -4.83. The van der Waals surface area contributed by atoms with Crippen LogP contribution in [0.4, 0.5) is 13.2 Å². The molecular weight excluding hydrogens is 547 g/mol. The van der Waals surface area contributed by atoms with E-state index in [1.54, 1.807) is 18.2 Å². The van der Waals surface area contributed by atoms with Crippen molar-refractivity contribution in [2.75, 3.05) is 0 Å². The number of halogens is 3. The fourth-order valence-corrected chi connectivity index (χ4v) is 3.45. The lowest BCUT2D eigenvalue weighted by atomic mass is 10.1. The molecule has 216 valence electrons. The van der Waals surface area contributed by atoms with Crippen LogP contribution < -0.4 is 18.9 Å². The smallest absolute Gasteiger partial charge is 0.484 e. The van der Waals surface area contributed by atoms with E-state index in [4.69, 9.17) is 18.6 Å². The summed E-state index contributed by atoms with van der Waals surface area (Å²) in [4.78, 5) is 24.3.